The van der Waals surface area contributed by atoms with E-state index >= 15 is 0 Å². The summed E-state index contributed by atoms with van der Waals surface area (Å²) >= 11 is 0. The van der Waals surface area contributed by atoms with Crippen LogP contribution in [0.3, 0.4) is 0 Å². The largest absolute Gasteiger partial charge is 0.382 e. The summed E-state index contributed by atoms with van der Waals surface area (Å²) in [5, 5.41) is 3.46. The Kier molecular flexibility index (Phi) is 6.57. The van der Waals surface area contributed by atoms with Crippen molar-refractivity contribution in [1.82, 2.24) is 10.2 Å². The zero-order valence-electron chi connectivity index (χ0n) is 12.7. The SMILES string of the molecule is COCC(CNC(C)(C)C)OCCN(C)C1CC1. The Morgan fingerprint density at radius 1 is 1.33 bits per heavy atom. The predicted molar refractivity (Wildman–Crippen MR) is 75.0 cm³/mol. The second-order valence-electron chi connectivity index (χ2n) is 6.29. The molecular formula is C14H30N2O2. The minimum atomic E-state index is 0.125. The molecule has 0 radical (unpaired) electrons. The van der Waals surface area contributed by atoms with Crippen LogP contribution in [0.2, 0.25) is 0 Å². The molecule has 0 aromatic carbocycles. The summed E-state index contributed by atoms with van der Waals surface area (Å²) in [6, 6.07) is 0.808. The van der Waals surface area contributed by atoms with Crippen LogP contribution in [0.4, 0.5) is 0 Å². The van der Waals surface area contributed by atoms with Gasteiger partial charge in [-0.3, -0.25) is 0 Å². The van der Waals surface area contributed by atoms with Crippen LogP contribution in [0.5, 0.6) is 0 Å². The van der Waals surface area contributed by atoms with E-state index in [9.17, 15) is 0 Å². The van der Waals surface area contributed by atoms with Crippen molar-refractivity contribution in [3.05, 3.63) is 0 Å². The van der Waals surface area contributed by atoms with Gasteiger partial charge >= 0.3 is 0 Å². The van der Waals surface area contributed by atoms with Gasteiger partial charge in [0, 0.05) is 31.8 Å². The summed E-state index contributed by atoms with van der Waals surface area (Å²) in [7, 11) is 3.91. The summed E-state index contributed by atoms with van der Waals surface area (Å²) in [4.78, 5) is 2.39. The van der Waals surface area contributed by atoms with Gasteiger partial charge in [0.1, 0.15) is 0 Å². The lowest BCUT2D eigenvalue weighted by Crippen LogP contribution is -2.43. The minimum Gasteiger partial charge on any atom is -0.382 e. The van der Waals surface area contributed by atoms with Gasteiger partial charge < -0.3 is 19.7 Å². The van der Waals surface area contributed by atoms with Crippen LogP contribution in [-0.2, 0) is 9.47 Å². The van der Waals surface area contributed by atoms with Crippen LogP contribution in [0.15, 0.2) is 0 Å². The molecule has 1 saturated carbocycles. The molecule has 1 unspecified atom stereocenters. The number of nitrogens with zero attached hydrogens (tertiary/aromatic N) is 1. The highest BCUT2D eigenvalue weighted by Gasteiger charge is 2.25. The van der Waals surface area contributed by atoms with E-state index in [4.69, 9.17) is 9.47 Å². The lowest BCUT2D eigenvalue weighted by atomic mass is 10.1. The average Bonchev–Trinajstić information content (AvgIpc) is 3.08. The van der Waals surface area contributed by atoms with Crippen molar-refractivity contribution in [1.29, 1.82) is 0 Å². The summed E-state index contributed by atoms with van der Waals surface area (Å²) < 4.78 is 11.1. The molecule has 0 aromatic heterocycles. The quantitative estimate of drug-likeness (QED) is 0.679. The lowest BCUT2D eigenvalue weighted by molar-refractivity contribution is -0.0102. The Morgan fingerprint density at radius 2 is 2.00 bits per heavy atom. The number of methoxy groups -OCH3 is 1. The van der Waals surface area contributed by atoms with E-state index in [1.54, 1.807) is 7.11 Å². The van der Waals surface area contributed by atoms with E-state index < -0.39 is 0 Å². The van der Waals surface area contributed by atoms with Gasteiger partial charge in [-0.15, -0.1) is 0 Å². The molecule has 4 heteroatoms. The molecule has 1 rings (SSSR count). The third-order valence-corrected chi connectivity index (χ3v) is 3.18. The van der Waals surface area contributed by atoms with Crippen LogP contribution in [0.25, 0.3) is 0 Å². The van der Waals surface area contributed by atoms with Gasteiger partial charge in [-0.2, -0.15) is 0 Å². The molecule has 0 spiro atoms. The van der Waals surface area contributed by atoms with Crippen LogP contribution in [0.1, 0.15) is 33.6 Å². The normalized spacial score (nSPS) is 18.3. The van der Waals surface area contributed by atoms with Gasteiger partial charge in [-0.1, -0.05) is 0 Å². The summed E-state index contributed by atoms with van der Waals surface area (Å²) in [5.74, 6) is 0. The number of hydrogen-bond acceptors (Lipinski definition) is 4. The second kappa shape index (κ2) is 7.43. The van der Waals surface area contributed by atoms with E-state index in [1.807, 2.05) is 0 Å². The fourth-order valence-corrected chi connectivity index (χ4v) is 1.83. The Labute approximate surface area is 112 Å². The highest BCUT2D eigenvalue weighted by atomic mass is 16.5. The molecule has 1 aliphatic rings. The van der Waals surface area contributed by atoms with Gasteiger partial charge in [-0.25, -0.2) is 0 Å². The van der Waals surface area contributed by atoms with Crippen molar-refractivity contribution in [3.63, 3.8) is 0 Å². The van der Waals surface area contributed by atoms with E-state index in [-0.39, 0.29) is 11.6 Å². The molecule has 0 saturated heterocycles. The van der Waals surface area contributed by atoms with Crippen molar-refractivity contribution < 1.29 is 9.47 Å². The maximum atomic E-state index is 5.90. The summed E-state index contributed by atoms with van der Waals surface area (Å²) in [6.07, 6.45) is 2.84. The molecule has 4 nitrogen and oxygen atoms in total. The van der Waals surface area contributed by atoms with Crippen LogP contribution < -0.4 is 5.32 Å². The van der Waals surface area contributed by atoms with Gasteiger partial charge in [0.15, 0.2) is 0 Å². The third kappa shape index (κ3) is 7.31. The van der Waals surface area contributed by atoms with Crippen molar-refractivity contribution in [2.75, 3.05) is 40.5 Å². The number of ether oxygens (including phenoxy) is 2. The fraction of sp³-hybridized carbons (Fsp3) is 1.00. The monoisotopic (exact) mass is 258 g/mol. The maximum absolute atomic E-state index is 5.90. The van der Waals surface area contributed by atoms with E-state index in [2.05, 4.69) is 38.0 Å². The van der Waals surface area contributed by atoms with Gasteiger partial charge in [0.05, 0.1) is 19.3 Å². The Bertz CT molecular complexity index is 224. The van der Waals surface area contributed by atoms with Crippen molar-refractivity contribution in [2.24, 2.45) is 0 Å². The Balaban J connectivity index is 2.15. The number of nitrogens with one attached hydrogen (secondary N) is 1. The molecule has 1 N–H and O–H groups in total. The number of hydrogen-bond donors (Lipinski definition) is 1. The van der Waals surface area contributed by atoms with E-state index in [0.717, 1.165) is 25.7 Å². The topological polar surface area (TPSA) is 33.7 Å². The van der Waals surface area contributed by atoms with Gasteiger partial charge in [0.2, 0.25) is 0 Å². The molecule has 0 bridgehead atoms. The summed E-state index contributed by atoms with van der Waals surface area (Å²) in [6.45, 7) is 9.78. The molecule has 1 aliphatic carbocycles. The van der Waals surface area contributed by atoms with E-state index in [1.165, 1.54) is 12.8 Å². The molecule has 0 aliphatic heterocycles. The van der Waals surface area contributed by atoms with Crippen molar-refractivity contribution in [2.45, 2.75) is 51.3 Å². The predicted octanol–water partition coefficient (Wildman–Crippen LogP) is 1.50. The fourth-order valence-electron chi connectivity index (χ4n) is 1.83. The zero-order chi connectivity index (χ0) is 13.6. The maximum Gasteiger partial charge on any atom is 0.0933 e. The highest BCUT2D eigenvalue weighted by molar-refractivity contribution is 4.82. The first-order valence-corrected chi connectivity index (χ1v) is 6.98. The Hall–Kier alpha value is -0.160. The van der Waals surface area contributed by atoms with Gasteiger partial charge in [0.25, 0.3) is 0 Å². The molecular weight excluding hydrogens is 228 g/mol. The lowest BCUT2D eigenvalue weighted by Gasteiger charge is -2.26. The third-order valence-electron chi connectivity index (χ3n) is 3.18. The standard InChI is InChI=1S/C14H30N2O2/c1-14(2,3)15-10-13(11-17-5)18-9-8-16(4)12-6-7-12/h12-13,15H,6-11H2,1-5H3. The first-order chi connectivity index (χ1) is 8.42. The minimum absolute atomic E-state index is 0.125. The Morgan fingerprint density at radius 3 is 2.50 bits per heavy atom. The number of rotatable bonds is 9. The van der Waals surface area contributed by atoms with Crippen LogP contribution >= 0.6 is 0 Å². The highest BCUT2D eigenvalue weighted by Crippen LogP contribution is 2.24. The molecule has 108 valence electrons. The summed E-state index contributed by atoms with van der Waals surface area (Å²) in [5.41, 5.74) is 0.125. The van der Waals surface area contributed by atoms with Crippen molar-refractivity contribution >= 4 is 0 Å². The molecule has 0 aromatic rings. The van der Waals surface area contributed by atoms with Crippen molar-refractivity contribution in [3.8, 4) is 0 Å². The first-order valence-electron chi connectivity index (χ1n) is 6.98. The molecule has 18 heavy (non-hydrogen) atoms. The number of likely N-dealkylation sites (N-methyl/N-ethyl adjacent to an activating group) is 1. The molecule has 1 fully saturated rings. The van der Waals surface area contributed by atoms with E-state index in [0.29, 0.717) is 6.61 Å². The van der Waals surface area contributed by atoms with Crippen LogP contribution in [-0.4, -0.2) is 63.0 Å². The molecule has 0 amide bonds. The van der Waals surface area contributed by atoms with Gasteiger partial charge in [-0.05, 0) is 40.7 Å². The molecule has 1 atom stereocenters. The average molecular weight is 258 g/mol. The zero-order valence-corrected chi connectivity index (χ0v) is 12.7. The second-order valence-corrected chi connectivity index (χ2v) is 6.29. The first kappa shape index (κ1) is 15.9. The molecule has 0 heterocycles. The van der Waals surface area contributed by atoms with Crippen LogP contribution in [0, 0.1) is 0 Å². The smallest absolute Gasteiger partial charge is 0.0933 e.